The van der Waals surface area contributed by atoms with Crippen LogP contribution in [0, 0.1) is 0 Å². The van der Waals surface area contributed by atoms with Crippen LogP contribution in [0.1, 0.15) is 0 Å². The number of carbonyl (C=O) groups excluding carboxylic acids is 1. The van der Waals surface area contributed by atoms with E-state index < -0.39 is 0 Å². The third kappa shape index (κ3) is 2.08. The normalized spacial score (nSPS) is 16.5. The predicted molar refractivity (Wildman–Crippen MR) is 63.6 cm³/mol. The molecule has 0 radical (unpaired) electrons. The molecule has 5 nitrogen and oxygen atoms in total. The van der Waals surface area contributed by atoms with Crippen molar-refractivity contribution >= 4 is 17.4 Å². The molecule has 1 aliphatic heterocycles. The molecular weight excluding hydrogens is 204 g/mol. The van der Waals surface area contributed by atoms with Crippen LogP contribution in [-0.2, 0) is 4.79 Å². The van der Waals surface area contributed by atoms with Crippen molar-refractivity contribution in [3.63, 3.8) is 0 Å². The molecular formula is C11H16N4O. The molecule has 16 heavy (non-hydrogen) atoms. The van der Waals surface area contributed by atoms with Gasteiger partial charge in [0.15, 0.2) is 0 Å². The molecule has 1 amide bonds. The molecule has 0 spiro atoms. The van der Waals surface area contributed by atoms with E-state index in [4.69, 9.17) is 0 Å². The first-order valence-electron chi connectivity index (χ1n) is 5.33. The summed E-state index contributed by atoms with van der Waals surface area (Å²) in [6.45, 7) is 2.09. The van der Waals surface area contributed by atoms with E-state index in [1.54, 1.807) is 11.1 Å². The van der Waals surface area contributed by atoms with Gasteiger partial charge in [-0.05, 0) is 6.07 Å². The number of amides is 1. The average molecular weight is 220 g/mol. The molecule has 0 saturated carbocycles. The number of likely N-dealkylation sites (N-methyl/N-ethyl adjacent to an activating group) is 1. The zero-order valence-corrected chi connectivity index (χ0v) is 9.60. The third-order valence-electron chi connectivity index (χ3n) is 2.82. The number of hydrogen-bond donors (Lipinski definition) is 1. The summed E-state index contributed by atoms with van der Waals surface area (Å²) in [7, 11) is 3.67. The van der Waals surface area contributed by atoms with Gasteiger partial charge in [0.05, 0.1) is 6.54 Å². The van der Waals surface area contributed by atoms with Crippen molar-refractivity contribution < 1.29 is 4.79 Å². The van der Waals surface area contributed by atoms with Gasteiger partial charge in [-0.2, -0.15) is 0 Å². The molecule has 5 heteroatoms. The van der Waals surface area contributed by atoms with Crippen LogP contribution in [0.2, 0.25) is 0 Å². The summed E-state index contributed by atoms with van der Waals surface area (Å²) in [4.78, 5) is 19.6. The number of nitrogens with one attached hydrogen (secondary N) is 1. The van der Waals surface area contributed by atoms with Crippen LogP contribution in [0.25, 0.3) is 0 Å². The lowest BCUT2D eigenvalue weighted by Crippen LogP contribution is -2.48. The van der Waals surface area contributed by atoms with Gasteiger partial charge < -0.3 is 15.1 Å². The Bertz CT molecular complexity index is 393. The Morgan fingerprint density at radius 3 is 2.94 bits per heavy atom. The van der Waals surface area contributed by atoms with Crippen molar-refractivity contribution in [1.82, 2.24) is 9.88 Å². The molecule has 2 heterocycles. The van der Waals surface area contributed by atoms with Crippen LogP contribution in [0.15, 0.2) is 18.3 Å². The number of piperazine rings is 1. The fourth-order valence-corrected chi connectivity index (χ4v) is 1.73. The highest BCUT2D eigenvalue weighted by Crippen LogP contribution is 2.18. The highest BCUT2D eigenvalue weighted by molar-refractivity contribution is 5.82. The van der Waals surface area contributed by atoms with Gasteiger partial charge in [-0.25, -0.2) is 4.98 Å². The van der Waals surface area contributed by atoms with Gasteiger partial charge in [0.1, 0.15) is 5.82 Å². The molecule has 0 aliphatic carbocycles. The quantitative estimate of drug-likeness (QED) is 0.784. The number of rotatable bonds is 2. The number of hydrogen-bond acceptors (Lipinski definition) is 4. The largest absolute Gasteiger partial charge is 0.373 e. The summed E-state index contributed by atoms with van der Waals surface area (Å²) in [5, 5.41) is 2.99. The zero-order chi connectivity index (χ0) is 11.5. The van der Waals surface area contributed by atoms with Crippen molar-refractivity contribution in [2.45, 2.75) is 0 Å². The summed E-state index contributed by atoms with van der Waals surface area (Å²) in [5.41, 5.74) is 1.04. The van der Waals surface area contributed by atoms with Crippen molar-refractivity contribution in [2.24, 2.45) is 0 Å². The Balaban J connectivity index is 2.15. The molecule has 1 fully saturated rings. The zero-order valence-electron chi connectivity index (χ0n) is 9.60. The Kier molecular flexibility index (Phi) is 2.94. The number of nitrogens with zero attached hydrogens (tertiary/aromatic N) is 3. The first-order valence-corrected chi connectivity index (χ1v) is 5.33. The van der Waals surface area contributed by atoms with Crippen LogP contribution in [0.4, 0.5) is 11.5 Å². The van der Waals surface area contributed by atoms with E-state index in [1.807, 2.05) is 26.2 Å². The monoisotopic (exact) mass is 220 g/mol. The minimum Gasteiger partial charge on any atom is -0.373 e. The van der Waals surface area contributed by atoms with Gasteiger partial charge >= 0.3 is 0 Å². The van der Waals surface area contributed by atoms with Gasteiger partial charge in [0.25, 0.3) is 0 Å². The SMILES string of the molecule is CNc1cc(N2CCN(C)C(=O)C2)ccn1. The molecule has 1 aromatic rings. The minimum atomic E-state index is 0.161. The maximum Gasteiger partial charge on any atom is 0.241 e. The number of aromatic nitrogens is 1. The van der Waals surface area contributed by atoms with E-state index in [0.717, 1.165) is 24.6 Å². The minimum absolute atomic E-state index is 0.161. The molecule has 2 rings (SSSR count). The average Bonchev–Trinajstić information content (AvgIpc) is 2.33. The lowest BCUT2D eigenvalue weighted by Gasteiger charge is -2.33. The van der Waals surface area contributed by atoms with Crippen molar-refractivity contribution in [2.75, 3.05) is 43.9 Å². The van der Waals surface area contributed by atoms with Gasteiger partial charge in [0, 0.05) is 45.1 Å². The fraction of sp³-hybridized carbons (Fsp3) is 0.455. The van der Waals surface area contributed by atoms with Crippen LogP contribution < -0.4 is 10.2 Å². The Morgan fingerprint density at radius 1 is 1.44 bits per heavy atom. The molecule has 86 valence electrons. The summed E-state index contributed by atoms with van der Waals surface area (Å²) < 4.78 is 0. The molecule has 0 bridgehead atoms. The van der Waals surface area contributed by atoms with Crippen molar-refractivity contribution in [1.29, 1.82) is 0 Å². The van der Waals surface area contributed by atoms with Crippen molar-refractivity contribution in [3.8, 4) is 0 Å². The van der Waals surface area contributed by atoms with Crippen molar-refractivity contribution in [3.05, 3.63) is 18.3 Å². The number of pyridine rings is 1. The first-order chi connectivity index (χ1) is 7.70. The molecule has 0 aromatic carbocycles. The van der Waals surface area contributed by atoms with E-state index in [-0.39, 0.29) is 5.91 Å². The van der Waals surface area contributed by atoms with E-state index in [9.17, 15) is 4.79 Å². The standard InChI is InChI=1S/C11H16N4O/c1-12-10-7-9(3-4-13-10)15-6-5-14(2)11(16)8-15/h3-4,7H,5-6,8H2,1-2H3,(H,12,13). The highest BCUT2D eigenvalue weighted by Gasteiger charge is 2.21. The van der Waals surface area contributed by atoms with Crippen LogP contribution in [0.5, 0.6) is 0 Å². The van der Waals surface area contributed by atoms with Gasteiger partial charge in [-0.1, -0.05) is 0 Å². The van der Waals surface area contributed by atoms with E-state index >= 15 is 0 Å². The lowest BCUT2D eigenvalue weighted by molar-refractivity contribution is -0.129. The predicted octanol–water partition coefficient (Wildman–Crippen LogP) is 0.402. The maximum absolute atomic E-state index is 11.6. The molecule has 0 unspecified atom stereocenters. The lowest BCUT2D eigenvalue weighted by atomic mass is 10.2. The Labute approximate surface area is 95.1 Å². The van der Waals surface area contributed by atoms with Crippen LogP contribution in [-0.4, -0.2) is 49.5 Å². The Hall–Kier alpha value is -1.78. The number of anilines is 2. The summed E-state index contributed by atoms with van der Waals surface area (Å²) in [6, 6.07) is 3.89. The molecule has 1 aromatic heterocycles. The maximum atomic E-state index is 11.6. The smallest absolute Gasteiger partial charge is 0.241 e. The van der Waals surface area contributed by atoms with Gasteiger partial charge in [-0.15, -0.1) is 0 Å². The van der Waals surface area contributed by atoms with Gasteiger partial charge in [-0.3, -0.25) is 4.79 Å². The molecule has 1 aliphatic rings. The summed E-state index contributed by atoms with van der Waals surface area (Å²) >= 11 is 0. The summed E-state index contributed by atoms with van der Waals surface area (Å²) in [5.74, 6) is 0.984. The molecule has 1 saturated heterocycles. The molecule has 0 atom stereocenters. The first kappa shape index (κ1) is 10.7. The van der Waals surface area contributed by atoms with E-state index in [1.165, 1.54) is 0 Å². The fourth-order valence-electron chi connectivity index (χ4n) is 1.73. The second-order valence-electron chi connectivity index (χ2n) is 3.89. The topological polar surface area (TPSA) is 48.5 Å². The third-order valence-corrected chi connectivity index (χ3v) is 2.82. The van der Waals surface area contributed by atoms with E-state index in [0.29, 0.717) is 6.54 Å². The second kappa shape index (κ2) is 4.38. The van der Waals surface area contributed by atoms with E-state index in [2.05, 4.69) is 15.2 Å². The highest BCUT2D eigenvalue weighted by atomic mass is 16.2. The molecule has 1 N–H and O–H groups in total. The summed E-state index contributed by atoms with van der Waals surface area (Å²) in [6.07, 6.45) is 1.75. The van der Waals surface area contributed by atoms with Crippen LogP contribution >= 0.6 is 0 Å². The second-order valence-corrected chi connectivity index (χ2v) is 3.89. The number of carbonyl (C=O) groups is 1. The Morgan fingerprint density at radius 2 is 2.25 bits per heavy atom. The van der Waals surface area contributed by atoms with Gasteiger partial charge in [0.2, 0.25) is 5.91 Å². The van der Waals surface area contributed by atoms with Crippen LogP contribution in [0.3, 0.4) is 0 Å².